The highest BCUT2D eigenvalue weighted by Crippen LogP contribution is 2.06. The van der Waals surface area contributed by atoms with Crippen molar-refractivity contribution in [1.82, 2.24) is 5.32 Å². The van der Waals surface area contributed by atoms with Gasteiger partial charge in [0.05, 0.1) is 0 Å². The van der Waals surface area contributed by atoms with E-state index in [9.17, 15) is 0 Å². The molecule has 0 amide bonds. The molecule has 0 unspecified atom stereocenters. The van der Waals surface area contributed by atoms with Crippen molar-refractivity contribution in [1.29, 1.82) is 0 Å². The molecule has 1 nitrogen and oxygen atoms in total. The van der Waals surface area contributed by atoms with Crippen molar-refractivity contribution in [3.8, 4) is 0 Å². The average Bonchev–Trinajstić information content (AvgIpc) is 2.06. The highest BCUT2D eigenvalue weighted by atomic mass is 35.5. The van der Waals surface area contributed by atoms with Crippen molar-refractivity contribution >= 4 is 34.4 Å². The Balaban J connectivity index is 2.88. The molecular formula is C10H7Cl2N. The molecule has 1 heterocycles. The summed E-state index contributed by atoms with van der Waals surface area (Å²) in [7, 11) is 0. The second kappa shape index (κ2) is 3.09. The topological polar surface area (TPSA) is 12.0 Å². The van der Waals surface area contributed by atoms with E-state index >= 15 is 0 Å². The van der Waals surface area contributed by atoms with Crippen LogP contribution < -0.4 is 15.8 Å². The summed E-state index contributed by atoms with van der Waals surface area (Å²) < 4.78 is 0. The predicted molar refractivity (Wildman–Crippen MR) is 56.7 cm³/mol. The fraction of sp³-hybridized carbons (Fsp3) is 0. The van der Waals surface area contributed by atoms with Crippen molar-refractivity contribution < 1.29 is 0 Å². The summed E-state index contributed by atoms with van der Waals surface area (Å²) in [6, 6.07) is 5.58. The van der Waals surface area contributed by atoms with Crippen molar-refractivity contribution in [3.05, 3.63) is 45.9 Å². The molecule has 2 rings (SSSR count). The van der Waals surface area contributed by atoms with Gasteiger partial charge in [0.2, 0.25) is 0 Å². The first-order valence-corrected chi connectivity index (χ1v) is 4.55. The van der Waals surface area contributed by atoms with E-state index in [-0.39, 0.29) is 0 Å². The molecule has 1 N–H and O–H groups in total. The Kier molecular flexibility index (Phi) is 2.06. The van der Waals surface area contributed by atoms with Gasteiger partial charge in [-0.3, -0.25) is 0 Å². The van der Waals surface area contributed by atoms with E-state index in [1.807, 2.05) is 24.3 Å². The molecule has 13 heavy (non-hydrogen) atoms. The summed E-state index contributed by atoms with van der Waals surface area (Å²) in [6.45, 7) is 3.78. The van der Waals surface area contributed by atoms with Crippen LogP contribution in [0.2, 0.25) is 5.02 Å². The first-order valence-electron chi connectivity index (χ1n) is 3.80. The lowest BCUT2D eigenvalue weighted by molar-refractivity contribution is 1.17. The number of nitrogens with one attached hydrogen (secondary N) is 1. The minimum Gasteiger partial charge on any atom is -0.346 e. The van der Waals surface area contributed by atoms with Crippen LogP contribution in [0.15, 0.2) is 30.5 Å². The number of rotatable bonds is 0. The Morgan fingerprint density at radius 2 is 2.00 bits per heavy atom. The van der Waals surface area contributed by atoms with Crippen molar-refractivity contribution in [2.45, 2.75) is 0 Å². The van der Waals surface area contributed by atoms with Gasteiger partial charge in [-0.25, -0.2) is 0 Å². The molecule has 0 saturated heterocycles. The number of fused-ring (bicyclic) bond motifs is 1. The SMILES string of the molecule is C=C1C=c2ccc(Cl)cc2=C(Cl)N1. The number of hydrogen-bond donors (Lipinski definition) is 1. The lowest BCUT2D eigenvalue weighted by atomic mass is 10.2. The number of benzene rings is 1. The molecule has 1 aromatic rings. The fourth-order valence-corrected chi connectivity index (χ4v) is 1.73. The molecule has 1 aliphatic rings. The van der Waals surface area contributed by atoms with E-state index in [1.54, 1.807) is 0 Å². The lowest BCUT2D eigenvalue weighted by Gasteiger charge is -2.09. The number of halogens is 2. The second-order valence-corrected chi connectivity index (χ2v) is 3.65. The Labute approximate surface area is 86.0 Å². The summed E-state index contributed by atoms with van der Waals surface area (Å²) in [4.78, 5) is 0. The summed E-state index contributed by atoms with van der Waals surface area (Å²) >= 11 is 11.8. The highest BCUT2D eigenvalue weighted by molar-refractivity contribution is 6.45. The molecule has 0 bridgehead atoms. The normalized spacial score (nSPS) is 14.6. The lowest BCUT2D eigenvalue weighted by Crippen LogP contribution is -2.34. The van der Waals surface area contributed by atoms with Crippen LogP contribution in [0.5, 0.6) is 0 Å². The zero-order chi connectivity index (χ0) is 9.42. The van der Waals surface area contributed by atoms with Crippen LogP contribution in [0.25, 0.3) is 11.2 Å². The maximum Gasteiger partial charge on any atom is 0.114 e. The molecule has 1 aromatic carbocycles. The second-order valence-electron chi connectivity index (χ2n) is 2.84. The van der Waals surface area contributed by atoms with Crippen molar-refractivity contribution in [2.75, 3.05) is 0 Å². The van der Waals surface area contributed by atoms with Crippen LogP contribution in [-0.2, 0) is 0 Å². The Bertz CT molecular complexity index is 488. The van der Waals surface area contributed by atoms with Gasteiger partial charge in [0.25, 0.3) is 0 Å². The zero-order valence-electron chi connectivity index (χ0n) is 6.77. The predicted octanol–water partition coefficient (Wildman–Crippen LogP) is 1.54. The average molecular weight is 212 g/mol. The molecule has 0 radical (unpaired) electrons. The maximum absolute atomic E-state index is 5.98. The number of allylic oxidation sites excluding steroid dienone is 1. The first kappa shape index (κ1) is 8.67. The van der Waals surface area contributed by atoms with Crippen molar-refractivity contribution in [2.24, 2.45) is 0 Å². The molecular weight excluding hydrogens is 205 g/mol. The largest absolute Gasteiger partial charge is 0.346 e. The molecule has 0 saturated carbocycles. The van der Waals surface area contributed by atoms with Crippen LogP contribution >= 0.6 is 23.2 Å². The van der Waals surface area contributed by atoms with E-state index in [0.717, 1.165) is 16.1 Å². The van der Waals surface area contributed by atoms with Gasteiger partial charge in [-0.1, -0.05) is 35.8 Å². The van der Waals surface area contributed by atoms with E-state index < -0.39 is 0 Å². The third-order valence-electron chi connectivity index (χ3n) is 1.85. The van der Waals surface area contributed by atoms with Gasteiger partial charge in [-0.15, -0.1) is 0 Å². The standard InChI is InChI=1S/C10H7Cl2N/c1-6-4-7-2-3-8(11)5-9(7)10(12)13-6/h2-5,13H,1H2. The molecule has 3 heteroatoms. The van der Waals surface area contributed by atoms with Crippen molar-refractivity contribution in [3.63, 3.8) is 0 Å². The molecule has 0 aromatic heterocycles. The minimum atomic E-state index is 0.574. The van der Waals surface area contributed by atoms with Crippen LogP contribution in [-0.4, -0.2) is 0 Å². The van der Waals surface area contributed by atoms with Gasteiger partial charge >= 0.3 is 0 Å². The molecule has 0 atom stereocenters. The number of hydrogen-bond acceptors (Lipinski definition) is 1. The van der Waals surface area contributed by atoms with Gasteiger partial charge < -0.3 is 5.32 Å². The zero-order valence-corrected chi connectivity index (χ0v) is 8.28. The van der Waals surface area contributed by atoms with Gasteiger partial charge in [-0.05, 0) is 23.4 Å². The summed E-state index contributed by atoms with van der Waals surface area (Å²) in [6.07, 6.45) is 1.93. The first-order chi connectivity index (χ1) is 6.16. The van der Waals surface area contributed by atoms with Gasteiger partial charge in [0.15, 0.2) is 0 Å². The van der Waals surface area contributed by atoms with E-state index in [0.29, 0.717) is 10.2 Å². The van der Waals surface area contributed by atoms with E-state index in [1.165, 1.54) is 0 Å². The van der Waals surface area contributed by atoms with Gasteiger partial charge in [0, 0.05) is 15.9 Å². The highest BCUT2D eigenvalue weighted by Gasteiger charge is 2.02. The fourth-order valence-electron chi connectivity index (χ4n) is 1.28. The Hall–Kier alpha value is -0.920. The van der Waals surface area contributed by atoms with Crippen LogP contribution in [0.3, 0.4) is 0 Å². The summed E-state index contributed by atoms with van der Waals surface area (Å²) in [5.74, 6) is 0. The third-order valence-corrected chi connectivity index (χ3v) is 2.39. The maximum atomic E-state index is 5.98. The molecule has 66 valence electrons. The van der Waals surface area contributed by atoms with E-state index in [2.05, 4.69) is 11.9 Å². The quantitative estimate of drug-likeness (QED) is 0.643. The third kappa shape index (κ3) is 1.58. The summed E-state index contributed by atoms with van der Waals surface area (Å²) in [5, 5.41) is 6.15. The van der Waals surface area contributed by atoms with E-state index in [4.69, 9.17) is 23.2 Å². The van der Waals surface area contributed by atoms with Crippen LogP contribution in [0, 0.1) is 0 Å². The molecule has 0 fully saturated rings. The van der Waals surface area contributed by atoms with Crippen LogP contribution in [0.1, 0.15) is 0 Å². The Morgan fingerprint density at radius 3 is 2.77 bits per heavy atom. The van der Waals surface area contributed by atoms with Gasteiger partial charge in [0.1, 0.15) is 5.16 Å². The minimum absolute atomic E-state index is 0.574. The molecule has 1 aliphatic heterocycles. The van der Waals surface area contributed by atoms with Gasteiger partial charge in [-0.2, -0.15) is 0 Å². The summed E-state index contributed by atoms with van der Waals surface area (Å²) in [5.41, 5.74) is 0.792. The smallest absolute Gasteiger partial charge is 0.114 e. The van der Waals surface area contributed by atoms with Crippen LogP contribution in [0.4, 0.5) is 0 Å². The monoisotopic (exact) mass is 211 g/mol. The molecule has 0 aliphatic carbocycles. The molecule has 0 spiro atoms. The Morgan fingerprint density at radius 1 is 1.23 bits per heavy atom.